The quantitative estimate of drug-likeness (QED) is 0.362. The number of nitrogens with one attached hydrogen (secondary N) is 1. The summed E-state index contributed by atoms with van der Waals surface area (Å²) in [5.74, 6) is -0.178. The molecule has 1 atom stereocenters. The molecule has 2 heterocycles. The van der Waals surface area contributed by atoms with Crippen LogP contribution in [0.1, 0.15) is 101 Å². The van der Waals surface area contributed by atoms with E-state index in [0.717, 1.165) is 71.0 Å². The minimum Gasteiger partial charge on any atom is -0.496 e. The van der Waals surface area contributed by atoms with Crippen LogP contribution < -0.4 is 10.1 Å². The van der Waals surface area contributed by atoms with Crippen molar-refractivity contribution in [1.82, 2.24) is 24.9 Å². The van der Waals surface area contributed by atoms with Crippen LogP contribution in [-0.2, 0) is 4.79 Å². The maximum atomic E-state index is 15.2. The number of rotatable bonds is 12. The van der Waals surface area contributed by atoms with Crippen molar-refractivity contribution in [2.24, 2.45) is 0 Å². The Balaban J connectivity index is 1.43. The summed E-state index contributed by atoms with van der Waals surface area (Å²) in [6, 6.07) is 6.63. The Bertz CT molecular complexity index is 1180. The van der Waals surface area contributed by atoms with Gasteiger partial charge in [-0.3, -0.25) is 14.3 Å². The first kappa shape index (κ1) is 29.5. The molecular weight excluding hydrogens is 521 g/mol. The van der Waals surface area contributed by atoms with Gasteiger partial charge >= 0.3 is 0 Å². The van der Waals surface area contributed by atoms with Crippen LogP contribution in [0.4, 0.5) is 4.39 Å². The second-order valence-corrected chi connectivity index (χ2v) is 12.0. The number of carbonyl (C=O) groups excluding carboxylic acids is 2. The van der Waals surface area contributed by atoms with Gasteiger partial charge in [-0.05, 0) is 89.6 Å². The number of ether oxygens (including phenoxy) is 1. The summed E-state index contributed by atoms with van der Waals surface area (Å²) < 4.78 is 22.6. The number of carbonyl (C=O) groups is 2. The van der Waals surface area contributed by atoms with Crippen molar-refractivity contribution in [2.45, 2.75) is 102 Å². The van der Waals surface area contributed by atoms with E-state index in [4.69, 9.17) is 9.84 Å². The van der Waals surface area contributed by atoms with Crippen molar-refractivity contribution >= 4 is 11.8 Å². The highest BCUT2D eigenvalue weighted by molar-refractivity contribution is 5.94. The molecule has 1 aromatic heterocycles. The van der Waals surface area contributed by atoms with Gasteiger partial charge in [-0.15, -0.1) is 0 Å². The lowest BCUT2D eigenvalue weighted by Crippen LogP contribution is -2.47. The second-order valence-electron chi connectivity index (χ2n) is 12.0. The number of hydrogen-bond acceptors (Lipinski definition) is 5. The number of piperidine rings is 1. The van der Waals surface area contributed by atoms with Gasteiger partial charge in [0.2, 0.25) is 5.91 Å². The Labute approximate surface area is 243 Å². The summed E-state index contributed by atoms with van der Waals surface area (Å²) in [7, 11) is 1.53. The minimum absolute atomic E-state index is 0.0119. The number of methoxy groups -OCH3 is 1. The summed E-state index contributed by atoms with van der Waals surface area (Å²) in [5, 5.41) is 8.00. The van der Waals surface area contributed by atoms with Gasteiger partial charge in [0.15, 0.2) is 5.69 Å². The van der Waals surface area contributed by atoms with Crippen molar-refractivity contribution < 1.29 is 18.7 Å². The first-order valence-corrected chi connectivity index (χ1v) is 15.7. The van der Waals surface area contributed by atoms with Crippen LogP contribution >= 0.6 is 0 Å². The van der Waals surface area contributed by atoms with E-state index >= 15 is 4.39 Å². The molecule has 41 heavy (non-hydrogen) atoms. The molecule has 2 saturated carbocycles. The van der Waals surface area contributed by atoms with Gasteiger partial charge in [-0.2, -0.15) is 5.10 Å². The van der Waals surface area contributed by atoms with Gasteiger partial charge in [0.05, 0.1) is 24.4 Å². The number of aromatic nitrogens is 2. The molecule has 0 bridgehead atoms. The van der Waals surface area contributed by atoms with Crippen molar-refractivity contribution in [3.05, 3.63) is 35.8 Å². The molecule has 3 fully saturated rings. The van der Waals surface area contributed by atoms with E-state index in [0.29, 0.717) is 29.2 Å². The summed E-state index contributed by atoms with van der Waals surface area (Å²) in [6.07, 6.45) is 11.9. The normalized spacial score (nSPS) is 19.1. The van der Waals surface area contributed by atoms with Crippen LogP contribution in [0.2, 0.25) is 0 Å². The van der Waals surface area contributed by atoms with Gasteiger partial charge in [0.25, 0.3) is 5.91 Å². The monoisotopic (exact) mass is 567 g/mol. The zero-order valence-electron chi connectivity index (χ0n) is 24.7. The van der Waals surface area contributed by atoms with Crippen molar-refractivity contribution in [3.8, 4) is 17.0 Å². The third-order valence-electron chi connectivity index (χ3n) is 9.24. The maximum absolute atomic E-state index is 15.2. The van der Waals surface area contributed by atoms with Crippen LogP contribution in [0, 0.1) is 5.82 Å². The highest BCUT2D eigenvalue weighted by atomic mass is 19.1. The van der Waals surface area contributed by atoms with Crippen LogP contribution in [0.3, 0.4) is 0 Å². The van der Waals surface area contributed by atoms with Crippen LogP contribution in [-0.4, -0.2) is 76.8 Å². The van der Waals surface area contributed by atoms with Crippen LogP contribution in [0.5, 0.6) is 5.75 Å². The van der Waals surface area contributed by atoms with Crippen LogP contribution in [0.25, 0.3) is 11.3 Å². The zero-order valence-corrected chi connectivity index (χ0v) is 24.7. The van der Waals surface area contributed by atoms with E-state index in [1.54, 1.807) is 18.2 Å². The molecule has 2 amide bonds. The van der Waals surface area contributed by atoms with Gasteiger partial charge in [0.1, 0.15) is 11.6 Å². The molecule has 5 rings (SSSR count). The average molecular weight is 568 g/mol. The standard InChI is InChI=1S/C32H46FN5O3/c1-3-37(25(17-20-36-18-7-4-8-19-36)21-30(39)34-23-11-9-12-23)32(40)27-22-28(38(35-27)24-13-5-6-14-24)31-26(33)15-10-16-29(31)41-2/h10,15-16,22-25H,3-9,11-14,17-21H2,1-2H3,(H,34,39). The molecular formula is C32H46FN5O3. The summed E-state index contributed by atoms with van der Waals surface area (Å²) >= 11 is 0. The van der Waals surface area contributed by atoms with Gasteiger partial charge in [0, 0.05) is 31.6 Å². The van der Waals surface area contributed by atoms with E-state index < -0.39 is 5.82 Å². The topological polar surface area (TPSA) is 79.7 Å². The lowest BCUT2D eigenvalue weighted by Gasteiger charge is -2.34. The Morgan fingerprint density at radius 3 is 2.51 bits per heavy atom. The molecule has 224 valence electrons. The molecule has 1 unspecified atom stereocenters. The Kier molecular flexibility index (Phi) is 9.96. The molecule has 0 spiro atoms. The largest absolute Gasteiger partial charge is 0.496 e. The van der Waals surface area contributed by atoms with Gasteiger partial charge < -0.3 is 19.9 Å². The Hall–Kier alpha value is -2.94. The molecule has 1 aliphatic heterocycles. The number of likely N-dealkylation sites (tertiary alicyclic amines) is 1. The van der Waals surface area contributed by atoms with E-state index in [2.05, 4.69) is 10.2 Å². The first-order valence-electron chi connectivity index (χ1n) is 15.7. The summed E-state index contributed by atoms with van der Waals surface area (Å²) in [6.45, 7) is 5.43. The molecule has 2 aliphatic carbocycles. The summed E-state index contributed by atoms with van der Waals surface area (Å²) in [4.78, 5) is 31.5. The molecule has 1 aromatic carbocycles. The molecule has 2 aromatic rings. The minimum atomic E-state index is -0.401. The lowest BCUT2D eigenvalue weighted by atomic mass is 9.93. The predicted molar refractivity (Wildman–Crippen MR) is 157 cm³/mol. The zero-order chi connectivity index (χ0) is 28.8. The fourth-order valence-corrected chi connectivity index (χ4v) is 6.69. The molecule has 3 aliphatic rings. The van der Waals surface area contributed by atoms with Crippen molar-refractivity contribution in [3.63, 3.8) is 0 Å². The Morgan fingerprint density at radius 2 is 1.85 bits per heavy atom. The van der Waals surface area contributed by atoms with E-state index in [1.165, 1.54) is 32.4 Å². The Morgan fingerprint density at radius 1 is 1.10 bits per heavy atom. The van der Waals surface area contributed by atoms with Crippen molar-refractivity contribution in [1.29, 1.82) is 0 Å². The SMILES string of the molecule is CCN(C(=O)c1cc(-c2c(F)cccc2OC)n(C2CCCC2)n1)C(CCN1CCCCC1)CC(=O)NC1CCC1. The molecule has 8 nitrogen and oxygen atoms in total. The predicted octanol–water partition coefficient (Wildman–Crippen LogP) is 5.58. The van der Waals surface area contributed by atoms with E-state index in [1.807, 2.05) is 16.5 Å². The molecule has 9 heteroatoms. The van der Waals surface area contributed by atoms with Crippen LogP contribution in [0.15, 0.2) is 24.3 Å². The van der Waals surface area contributed by atoms with E-state index in [-0.39, 0.29) is 36.4 Å². The fraction of sp³-hybridized carbons (Fsp3) is 0.656. The lowest BCUT2D eigenvalue weighted by molar-refractivity contribution is -0.123. The molecule has 0 radical (unpaired) electrons. The van der Waals surface area contributed by atoms with Crippen molar-refractivity contribution in [2.75, 3.05) is 33.3 Å². The third kappa shape index (κ3) is 6.93. The number of amides is 2. The smallest absolute Gasteiger partial charge is 0.274 e. The van der Waals surface area contributed by atoms with E-state index in [9.17, 15) is 9.59 Å². The number of hydrogen-bond donors (Lipinski definition) is 1. The number of benzene rings is 1. The maximum Gasteiger partial charge on any atom is 0.274 e. The number of nitrogens with zero attached hydrogens (tertiary/aromatic N) is 4. The second kappa shape index (κ2) is 13.8. The van der Waals surface area contributed by atoms with Gasteiger partial charge in [-0.1, -0.05) is 25.3 Å². The average Bonchev–Trinajstić information content (AvgIpc) is 3.65. The highest BCUT2D eigenvalue weighted by Crippen LogP contribution is 2.38. The fourth-order valence-electron chi connectivity index (χ4n) is 6.69. The summed E-state index contributed by atoms with van der Waals surface area (Å²) in [5.41, 5.74) is 1.19. The third-order valence-corrected chi connectivity index (χ3v) is 9.24. The van der Waals surface area contributed by atoms with Gasteiger partial charge in [-0.25, -0.2) is 4.39 Å². The first-order chi connectivity index (χ1) is 20.0. The molecule has 1 saturated heterocycles. The number of halogens is 1. The molecule has 1 N–H and O–H groups in total. The highest BCUT2D eigenvalue weighted by Gasteiger charge is 2.32.